The first-order chi connectivity index (χ1) is 14.2. The zero-order valence-electron chi connectivity index (χ0n) is 16.1. The number of aryl methyl sites for hydroxylation is 1. The van der Waals surface area contributed by atoms with Gasteiger partial charge in [-0.1, -0.05) is 35.9 Å². The van der Waals surface area contributed by atoms with Crippen molar-refractivity contribution in [1.82, 2.24) is 14.9 Å². The average molecular weight is 414 g/mol. The molecule has 1 N–H and O–H groups in total. The Balaban J connectivity index is 1.40. The van der Waals surface area contributed by atoms with Crippen LogP contribution in [0.3, 0.4) is 0 Å². The van der Waals surface area contributed by atoms with Crippen LogP contribution in [0.2, 0.25) is 5.02 Å². The van der Waals surface area contributed by atoms with Crippen molar-refractivity contribution < 1.29 is 14.3 Å². The zero-order chi connectivity index (χ0) is 20.1. The van der Waals surface area contributed by atoms with E-state index in [-0.39, 0.29) is 12.0 Å². The minimum Gasteiger partial charge on any atom is -0.492 e. The van der Waals surface area contributed by atoms with Crippen molar-refractivity contribution in [1.29, 1.82) is 0 Å². The van der Waals surface area contributed by atoms with Gasteiger partial charge in [-0.05, 0) is 43.5 Å². The highest BCUT2D eigenvalue weighted by atomic mass is 35.5. The molecule has 0 saturated carbocycles. The molecule has 1 fully saturated rings. The predicted molar refractivity (Wildman–Crippen MR) is 112 cm³/mol. The molecule has 1 aliphatic rings. The van der Waals surface area contributed by atoms with E-state index < -0.39 is 0 Å². The number of benzene rings is 2. The maximum Gasteiger partial charge on any atom is 0.249 e. The van der Waals surface area contributed by atoms with E-state index in [2.05, 4.69) is 9.88 Å². The highest BCUT2D eigenvalue weighted by molar-refractivity contribution is 6.32. The van der Waals surface area contributed by atoms with Crippen molar-refractivity contribution in [2.45, 2.75) is 38.5 Å². The number of nitrogens with one attached hydrogen (secondary N) is 1. The Hall–Kier alpha value is -2.57. The molecule has 1 saturated heterocycles. The number of hydrogen-bond acceptors (Lipinski definition) is 4. The lowest BCUT2D eigenvalue weighted by atomic mass is 10.2. The average Bonchev–Trinajstić information content (AvgIpc) is 3.39. The summed E-state index contributed by atoms with van der Waals surface area (Å²) >= 11 is 6.14. The summed E-state index contributed by atoms with van der Waals surface area (Å²) in [6.45, 7) is 2.30. The van der Waals surface area contributed by atoms with Crippen LogP contribution < -0.4 is 10.1 Å². The number of nitrogens with zero attached hydrogens (tertiary/aromatic N) is 2. The molecule has 4 rings (SSSR count). The summed E-state index contributed by atoms with van der Waals surface area (Å²) in [6, 6.07) is 15.4. The van der Waals surface area contributed by atoms with E-state index in [1.54, 1.807) is 0 Å². The number of ether oxygens (including phenoxy) is 2. The Morgan fingerprint density at radius 1 is 1.24 bits per heavy atom. The summed E-state index contributed by atoms with van der Waals surface area (Å²) in [5.74, 6) is 1.45. The molecule has 7 heteroatoms. The molecule has 1 unspecified atom stereocenters. The van der Waals surface area contributed by atoms with Crippen LogP contribution in [0, 0.1) is 0 Å². The summed E-state index contributed by atoms with van der Waals surface area (Å²) in [5.41, 5.74) is 1.97. The summed E-state index contributed by atoms with van der Waals surface area (Å²) < 4.78 is 13.4. The van der Waals surface area contributed by atoms with Gasteiger partial charge in [0.25, 0.3) is 0 Å². The molecule has 1 atom stereocenters. The van der Waals surface area contributed by atoms with Crippen LogP contribution in [0.25, 0.3) is 11.0 Å². The summed E-state index contributed by atoms with van der Waals surface area (Å²) in [6.07, 6.45) is 2.17. The number of carbonyl (C=O) groups is 1. The molecule has 0 radical (unpaired) electrons. The molecule has 0 aliphatic carbocycles. The number of amides is 1. The Morgan fingerprint density at radius 3 is 2.90 bits per heavy atom. The normalized spacial score (nSPS) is 16.2. The molecular weight excluding hydrogens is 390 g/mol. The second kappa shape index (κ2) is 9.29. The van der Waals surface area contributed by atoms with Gasteiger partial charge in [0.15, 0.2) is 0 Å². The van der Waals surface area contributed by atoms with Crippen LogP contribution in [-0.4, -0.2) is 34.8 Å². The van der Waals surface area contributed by atoms with Gasteiger partial charge in [0, 0.05) is 13.2 Å². The van der Waals surface area contributed by atoms with Crippen molar-refractivity contribution in [3.05, 3.63) is 59.4 Å². The molecule has 1 amide bonds. The Bertz CT molecular complexity index is 982. The van der Waals surface area contributed by atoms with Crippen LogP contribution in [0.4, 0.5) is 0 Å². The van der Waals surface area contributed by atoms with Gasteiger partial charge in [-0.15, -0.1) is 0 Å². The minimum absolute atomic E-state index is 0.0665. The van der Waals surface area contributed by atoms with Gasteiger partial charge >= 0.3 is 0 Å². The smallest absolute Gasteiger partial charge is 0.249 e. The van der Waals surface area contributed by atoms with E-state index >= 15 is 0 Å². The quantitative estimate of drug-likeness (QED) is 0.568. The second-order valence-corrected chi connectivity index (χ2v) is 7.43. The number of imidazole rings is 1. The fourth-order valence-corrected chi connectivity index (χ4v) is 3.73. The highest BCUT2D eigenvalue weighted by Crippen LogP contribution is 2.23. The lowest BCUT2D eigenvalue weighted by Crippen LogP contribution is -2.34. The number of rotatable bonds is 8. The van der Waals surface area contributed by atoms with Crippen molar-refractivity contribution in [3.63, 3.8) is 0 Å². The largest absolute Gasteiger partial charge is 0.492 e. The maximum atomic E-state index is 12.3. The van der Waals surface area contributed by atoms with Gasteiger partial charge in [0.05, 0.1) is 29.2 Å². The number of halogens is 1. The van der Waals surface area contributed by atoms with Crippen LogP contribution >= 0.6 is 11.6 Å². The highest BCUT2D eigenvalue weighted by Gasteiger charge is 2.23. The maximum absolute atomic E-state index is 12.3. The summed E-state index contributed by atoms with van der Waals surface area (Å²) in [7, 11) is 0. The van der Waals surface area contributed by atoms with Crippen LogP contribution in [0.1, 0.15) is 25.1 Å². The molecule has 0 spiro atoms. The van der Waals surface area contributed by atoms with Gasteiger partial charge in [0.1, 0.15) is 17.7 Å². The summed E-state index contributed by atoms with van der Waals surface area (Å²) in [5, 5.41) is 3.58. The Labute approximate surface area is 174 Å². The van der Waals surface area contributed by atoms with Gasteiger partial charge in [-0.3, -0.25) is 4.79 Å². The van der Waals surface area contributed by atoms with Crippen molar-refractivity contribution in [3.8, 4) is 5.75 Å². The first-order valence-corrected chi connectivity index (χ1v) is 10.3. The van der Waals surface area contributed by atoms with E-state index in [9.17, 15) is 4.79 Å². The van der Waals surface area contributed by atoms with E-state index in [1.165, 1.54) is 0 Å². The zero-order valence-corrected chi connectivity index (χ0v) is 16.9. The first kappa shape index (κ1) is 19.7. The molecule has 1 aliphatic heterocycles. The lowest BCUT2D eigenvalue weighted by Gasteiger charge is -2.13. The van der Waals surface area contributed by atoms with E-state index in [0.717, 1.165) is 42.7 Å². The number of aromatic nitrogens is 2. The number of hydrogen-bond donors (Lipinski definition) is 1. The SMILES string of the molecule is O=C(NCc1nc2ccccc2n1CCCOc1ccccc1Cl)C1CCCO1. The standard InChI is InChI=1S/C22H24ClN3O3/c23-16-7-1-4-10-19(16)28-14-6-12-26-18-9-3-2-8-17(18)25-21(26)15-24-22(27)20-11-5-13-29-20/h1-4,7-10,20H,5-6,11-15H2,(H,24,27). The third-order valence-corrected chi connectivity index (χ3v) is 5.31. The number of para-hydroxylation sites is 3. The molecule has 2 aromatic carbocycles. The molecule has 1 aromatic heterocycles. The summed E-state index contributed by atoms with van der Waals surface area (Å²) in [4.78, 5) is 17.0. The molecule has 0 bridgehead atoms. The fraction of sp³-hybridized carbons (Fsp3) is 0.364. The third-order valence-electron chi connectivity index (χ3n) is 5.00. The second-order valence-electron chi connectivity index (χ2n) is 7.02. The number of carbonyl (C=O) groups excluding carboxylic acids is 1. The van der Waals surface area contributed by atoms with Crippen molar-refractivity contribution in [2.75, 3.05) is 13.2 Å². The van der Waals surface area contributed by atoms with Crippen molar-refractivity contribution in [2.24, 2.45) is 0 Å². The topological polar surface area (TPSA) is 65.4 Å². The Kier molecular flexibility index (Phi) is 6.32. The lowest BCUT2D eigenvalue weighted by molar-refractivity contribution is -0.130. The predicted octanol–water partition coefficient (Wildman–Crippen LogP) is 3.95. The fourth-order valence-electron chi connectivity index (χ4n) is 3.54. The number of fused-ring (bicyclic) bond motifs is 1. The van der Waals surface area contributed by atoms with Gasteiger partial charge in [0.2, 0.25) is 5.91 Å². The molecule has 2 heterocycles. The van der Waals surface area contributed by atoms with E-state index in [0.29, 0.717) is 30.5 Å². The van der Waals surface area contributed by atoms with Crippen LogP contribution in [0.15, 0.2) is 48.5 Å². The molecule has 3 aromatic rings. The molecule has 152 valence electrons. The van der Waals surface area contributed by atoms with E-state index in [4.69, 9.17) is 26.1 Å². The third kappa shape index (κ3) is 4.71. The minimum atomic E-state index is -0.336. The van der Waals surface area contributed by atoms with Crippen LogP contribution in [0.5, 0.6) is 5.75 Å². The van der Waals surface area contributed by atoms with Crippen LogP contribution in [-0.2, 0) is 22.6 Å². The van der Waals surface area contributed by atoms with Gasteiger partial charge < -0.3 is 19.4 Å². The molecule has 29 heavy (non-hydrogen) atoms. The Morgan fingerprint density at radius 2 is 2.07 bits per heavy atom. The van der Waals surface area contributed by atoms with Crippen molar-refractivity contribution >= 4 is 28.5 Å². The van der Waals surface area contributed by atoms with E-state index in [1.807, 2.05) is 48.5 Å². The van der Waals surface area contributed by atoms with Gasteiger partial charge in [-0.2, -0.15) is 0 Å². The monoisotopic (exact) mass is 413 g/mol. The molecule has 6 nitrogen and oxygen atoms in total. The van der Waals surface area contributed by atoms with Gasteiger partial charge in [-0.25, -0.2) is 4.98 Å². The first-order valence-electron chi connectivity index (χ1n) is 9.93. The molecular formula is C22H24ClN3O3.